The molecule has 1 aromatic heterocycles. The van der Waals surface area contributed by atoms with Gasteiger partial charge in [-0.2, -0.15) is 0 Å². The number of fused-ring (bicyclic) bond motifs is 1. The molecule has 0 atom stereocenters. The van der Waals surface area contributed by atoms with Gasteiger partial charge < -0.3 is 10.4 Å². The van der Waals surface area contributed by atoms with Gasteiger partial charge in [0.1, 0.15) is 11.3 Å². The maximum Gasteiger partial charge on any atom is 0.307 e. The maximum absolute atomic E-state index is 14.3. The van der Waals surface area contributed by atoms with Crippen LogP contribution in [0.2, 0.25) is 0 Å². The Hall–Kier alpha value is -4.07. The lowest BCUT2D eigenvalue weighted by Gasteiger charge is -2.11. The first-order valence-electron chi connectivity index (χ1n) is 9.12. The van der Waals surface area contributed by atoms with E-state index in [4.69, 9.17) is 5.11 Å². The van der Waals surface area contributed by atoms with Gasteiger partial charge >= 0.3 is 5.97 Å². The number of carboxylic acid groups (broad SMARTS) is 1. The average Bonchev–Trinajstić information content (AvgIpc) is 3.07. The molecule has 0 unspecified atom stereocenters. The number of nitrogens with one attached hydrogen (secondary N) is 1. The number of rotatable bonds is 5. The highest BCUT2D eigenvalue weighted by atomic mass is 19.1. The van der Waals surface area contributed by atoms with Crippen LogP contribution in [0.5, 0.6) is 0 Å². The van der Waals surface area contributed by atoms with Crippen molar-refractivity contribution in [3.8, 4) is 11.1 Å². The van der Waals surface area contributed by atoms with Gasteiger partial charge in [0.05, 0.1) is 11.9 Å². The van der Waals surface area contributed by atoms with Gasteiger partial charge in [-0.1, -0.05) is 29.5 Å². The van der Waals surface area contributed by atoms with Gasteiger partial charge in [0, 0.05) is 18.3 Å². The maximum atomic E-state index is 14.3. The molecule has 8 heteroatoms. The molecule has 0 saturated carbocycles. The predicted octanol–water partition coefficient (Wildman–Crippen LogP) is 3.65. The van der Waals surface area contributed by atoms with Crippen molar-refractivity contribution in [1.82, 2.24) is 15.0 Å². The minimum atomic E-state index is -0.990. The van der Waals surface area contributed by atoms with Crippen molar-refractivity contribution in [3.63, 3.8) is 0 Å². The molecule has 1 amide bonds. The summed E-state index contributed by atoms with van der Waals surface area (Å²) in [5.41, 5.74) is 3.60. The molecule has 0 spiro atoms. The molecule has 0 saturated heterocycles. The summed E-state index contributed by atoms with van der Waals surface area (Å²) in [5.74, 6) is -2.07. The van der Waals surface area contributed by atoms with Crippen LogP contribution in [0.1, 0.15) is 15.9 Å². The Balaban J connectivity index is 1.66. The van der Waals surface area contributed by atoms with Crippen molar-refractivity contribution in [2.75, 3.05) is 5.32 Å². The molecule has 1 heterocycles. The smallest absolute Gasteiger partial charge is 0.307 e. The number of nitrogens with zero attached hydrogens (tertiary/aromatic N) is 3. The Morgan fingerprint density at radius 2 is 1.90 bits per heavy atom. The number of aryl methyl sites for hydroxylation is 1. The topological polar surface area (TPSA) is 97.1 Å². The van der Waals surface area contributed by atoms with Crippen LogP contribution in [0.4, 0.5) is 10.1 Å². The standard InChI is InChI=1S/C22H17FN4O3/c1-27-20-7-6-17(12-19(20)25-26-27)24-22(30)15-8-14(9-16(23)10-15)18-5-3-2-4-13(18)11-21(28)29/h2-10,12H,11H2,1H3,(H,24,30)(H,28,29). The van der Waals surface area contributed by atoms with Crippen molar-refractivity contribution in [2.45, 2.75) is 6.42 Å². The highest BCUT2D eigenvalue weighted by Gasteiger charge is 2.14. The van der Waals surface area contributed by atoms with E-state index in [-0.39, 0.29) is 12.0 Å². The van der Waals surface area contributed by atoms with E-state index in [1.165, 1.54) is 6.07 Å². The Labute approximate surface area is 170 Å². The summed E-state index contributed by atoms with van der Waals surface area (Å²) in [4.78, 5) is 23.9. The summed E-state index contributed by atoms with van der Waals surface area (Å²) in [6.07, 6.45) is -0.202. The minimum Gasteiger partial charge on any atom is -0.481 e. The van der Waals surface area contributed by atoms with Crippen molar-refractivity contribution < 1.29 is 19.1 Å². The van der Waals surface area contributed by atoms with E-state index in [0.717, 1.165) is 11.6 Å². The molecule has 30 heavy (non-hydrogen) atoms. The first-order chi connectivity index (χ1) is 14.4. The van der Waals surface area contributed by atoms with Gasteiger partial charge in [-0.25, -0.2) is 9.07 Å². The number of carboxylic acids is 1. The third-order valence-corrected chi connectivity index (χ3v) is 4.70. The van der Waals surface area contributed by atoms with E-state index in [1.54, 1.807) is 60.3 Å². The highest BCUT2D eigenvalue weighted by Crippen LogP contribution is 2.27. The summed E-state index contributed by atoms with van der Waals surface area (Å²) >= 11 is 0. The zero-order valence-corrected chi connectivity index (χ0v) is 16.0. The molecule has 0 fully saturated rings. The number of anilines is 1. The van der Waals surface area contributed by atoms with Crippen molar-refractivity contribution in [3.05, 3.63) is 77.6 Å². The molecule has 3 aromatic carbocycles. The molecule has 4 aromatic rings. The summed E-state index contributed by atoms with van der Waals surface area (Å²) in [6.45, 7) is 0. The number of hydrogen-bond donors (Lipinski definition) is 2. The molecule has 0 aliphatic carbocycles. The largest absolute Gasteiger partial charge is 0.481 e. The molecule has 7 nitrogen and oxygen atoms in total. The van der Waals surface area contributed by atoms with Crippen LogP contribution >= 0.6 is 0 Å². The molecular formula is C22H17FN4O3. The summed E-state index contributed by atoms with van der Waals surface area (Å²) < 4.78 is 15.9. The van der Waals surface area contributed by atoms with E-state index in [1.807, 2.05) is 0 Å². The SMILES string of the molecule is Cn1nnc2cc(NC(=O)c3cc(F)cc(-c4ccccc4CC(=O)O)c3)ccc21. The number of amides is 1. The Bertz CT molecular complexity index is 1280. The molecule has 0 aliphatic rings. The lowest BCUT2D eigenvalue weighted by atomic mass is 9.96. The number of aromatic nitrogens is 3. The summed E-state index contributed by atoms with van der Waals surface area (Å²) in [5, 5.41) is 19.8. The average molecular weight is 404 g/mol. The quantitative estimate of drug-likeness (QED) is 0.529. The van der Waals surface area contributed by atoms with Crippen LogP contribution in [-0.4, -0.2) is 32.0 Å². The molecule has 150 valence electrons. The van der Waals surface area contributed by atoms with E-state index >= 15 is 0 Å². The van der Waals surface area contributed by atoms with Crippen molar-refractivity contribution in [1.29, 1.82) is 0 Å². The van der Waals surface area contributed by atoms with E-state index in [2.05, 4.69) is 15.6 Å². The zero-order chi connectivity index (χ0) is 21.3. The van der Waals surface area contributed by atoms with Gasteiger partial charge in [-0.15, -0.1) is 5.10 Å². The number of carbonyl (C=O) groups excluding carboxylic acids is 1. The van der Waals surface area contributed by atoms with E-state index < -0.39 is 17.7 Å². The normalized spacial score (nSPS) is 10.9. The molecule has 0 bridgehead atoms. The van der Waals surface area contributed by atoms with Crippen LogP contribution in [0.3, 0.4) is 0 Å². The minimum absolute atomic E-state index is 0.120. The monoisotopic (exact) mass is 404 g/mol. The lowest BCUT2D eigenvalue weighted by Crippen LogP contribution is -2.12. The van der Waals surface area contributed by atoms with Crippen molar-refractivity contribution in [2.24, 2.45) is 7.05 Å². The Morgan fingerprint density at radius 1 is 1.10 bits per heavy atom. The second-order valence-electron chi connectivity index (χ2n) is 6.83. The fourth-order valence-electron chi connectivity index (χ4n) is 3.32. The number of aliphatic carboxylic acids is 1. The van der Waals surface area contributed by atoms with E-state index in [9.17, 15) is 14.0 Å². The lowest BCUT2D eigenvalue weighted by molar-refractivity contribution is -0.136. The van der Waals surface area contributed by atoms with E-state index in [0.29, 0.717) is 27.9 Å². The third-order valence-electron chi connectivity index (χ3n) is 4.70. The zero-order valence-electron chi connectivity index (χ0n) is 16.0. The van der Waals surface area contributed by atoms with Crippen LogP contribution in [0.15, 0.2) is 60.7 Å². The van der Waals surface area contributed by atoms with Crippen LogP contribution in [-0.2, 0) is 18.3 Å². The van der Waals surface area contributed by atoms with Crippen molar-refractivity contribution >= 4 is 28.6 Å². The van der Waals surface area contributed by atoms with Gasteiger partial charge in [0.2, 0.25) is 0 Å². The second kappa shape index (κ2) is 7.75. The molecule has 2 N–H and O–H groups in total. The first-order valence-corrected chi connectivity index (χ1v) is 9.12. The van der Waals surface area contributed by atoms with Crippen LogP contribution in [0.25, 0.3) is 22.2 Å². The number of hydrogen-bond acceptors (Lipinski definition) is 4. The predicted molar refractivity (Wildman–Crippen MR) is 110 cm³/mol. The molecule has 0 aliphatic heterocycles. The van der Waals surface area contributed by atoms with Gasteiger partial charge in [0.25, 0.3) is 5.91 Å². The van der Waals surface area contributed by atoms with Crippen LogP contribution < -0.4 is 5.32 Å². The number of carbonyl (C=O) groups is 2. The Kier molecular flexibility index (Phi) is 4.97. The van der Waals surface area contributed by atoms with Gasteiger partial charge in [0.15, 0.2) is 0 Å². The molecule has 4 rings (SSSR count). The van der Waals surface area contributed by atoms with Gasteiger partial charge in [-0.05, 0) is 53.1 Å². The fraction of sp³-hybridized carbons (Fsp3) is 0.0909. The first kappa shape index (κ1) is 19.3. The molecular weight excluding hydrogens is 387 g/mol. The van der Waals surface area contributed by atoms with Crippen LogP contribution in [0, 0.1) is 5.82 Å². The number of benzene rings is 3. The summed E-state index contributed by atoms with van der Waals surface area (Å²) in [6, 6.07) is 16.0. The third kappa shape index (κ3) is 3.88. The second-order valence-corrected chi connectivity index (χ2v) is 6.83. The number of halogens is 1. The molecule has 0 radical (unpaired) electrons. The summed E-state index contributed by atoms with van der Waals surface area (Å²) in [7, 11) is 1.77. The highest BCUT2D eigenvalue weighted by molar-refractivity contribution is 6.05. The fourth-order valence-corrected chi connectivity index (χ4v) is 3.32. The Morgan fingerprint density at radius 3 is 2.70 bits per heavy atom. The van der Waals surface area contributed by atoms with Gasteiger partial charge in [-0.3, -0.25) is 9.59 Å².